The first kappa shape index (κ1) is 23.6. The van der Waals surface area contributed by atoms with E-state index in [9.17, 15) is 4.79 Å². The number of amides is 1. The third-order valence-electron chi connectivity index (χ3n) is 6.96. The molecule has 37 heavy (non-hydrogen) atoms. The number of rotatable bonds is 5. The maximum atomic E-state index is 13.2. The van der Waals surface area contributed by atoms with E-state index in [-0.39, 0.29) is 5.91 Å². The standard InChI is InChI=1S/C29H27ClN6O/c1-35-12-14-36(15-13-35)18-19-2-6-22(7-3-19)33-28(20-4-9-24-26(16-20)32-11-10-31-24)27-23-8-5-21(30)17-25(23)34-29(27)37/h2-11,16-17,33H,12-15,18H2,1H3,(H,34,37)/b28-27-. The van der Waals surface area contributed by atoms with Gasteiger partial charge in [-0.15, -0.1) is 0 Å². The van der Waals surface area contributed by atoms with E-state index in [2.05, 4.69) is 61.7 Å². The van der Waals surface area contributed by atoms with E-state index in [0.717, 1.165) is 60.6 Å². The number of fused-ring (bicyclic) bond motifs is 2. The van der Waals surface area contributed by atoms with E-state index in [1.807, 2.05) is 24.3 Å². The molecule has 0 atom stereocenters. The van der Waals surface area contributed by atoms with Gasteiger partial charge in [0, 0.05) is 67.0 Å². The SMILES string of the molecule is CN1CCN(Cc2ccc(N/C(=C3\C(=O)Nc4cc(Cl)ccc43)c3ccc4nccnc4c3)cc2)CC1. The van der Waals surface area contributed by atoms with Crippen LogP contribution in [0.4, 0.5) is 11.4 Å². The lowest BCUT2D eigenvalue weighted by Crippen LogP contribution is -2.43. The second kappa shape index (κ2) is 9.94. The first-order valence-corrected chi connectivity index (χ1v) is 12.7. The number of carbonyl (C=O) groups excluding carboxylic acids is 1. The van der Waals surface area contributed by atoms with Crippen LogP contribution < -0.4 is 10.6 Å². The van der Waals surface area contributed by atoms with Crippen LogP contribution in [0.25, 0.3) is 22.3 Å². The van der Waals surface area contributed by atoms with Gasteiger partial charge in [0.25, 0.3) is 5.91 Å². The quantitative estimate of drug-likeness (QED) is 0.370. The highest BCUT2D eigenvalue weighted by Gasteiger charge is 2.29. The summed E-state index contributed by atoms with van der Waals surface area (Å²) in [6.07, 6.45) is 3.35. The number of likely N-dealkylation sites (N-methyl/N-ethyl adjacent to an activating group) is 1. The average molecular weight is 511 g/mol. The van der Waals surface area contributed by atoms with Crippen LogP contribution in [0.15, 0.2) is 73.1 Å². The van der Waals surface area contributed by atoms with Crippen molar-refractivity contribution in [2.75, 3.05) is 43.9 Å². The van der Waals surface area contributed by atoms with E-state index in [1.165, 1.54) is 5.56 Å². The minimum atomic E-state index is -0.175. The number of benzene rings is 3. The predicted octanol–water partition coefficient (Wildman–Crippen LogP) is 4.96. The molecule has 0 saturated carbocycles. The average Bonchev–Trinajstić information content (AvgIpc) is 3.23. The molecular formula is C29H27ClN6O. The molecule has 0 radical (unpaired) electrons. The highest BCUT2D eigenvalue weighted by atomic mass is 35.5. The van der Waals surface area contributed by atoms with Gasteiger partial charge < -0.3 is 15.5 Å². The fourth-order valence-corrected chi connectivity index (χ4v) is 5.07. The molecule has 2 aliphatic heterocycles. The Balaban J connectivity index is 1.36. The van der Waals surface area contributed by atoms with Gasteiger partial charge in [0.15, 0.2) is 0 Å². The van der Waals surface area contributed by atoms with Crippen LogP contribution >= 0.6 is 11.6 Å². The van der Waals surface area contributed by atoms with Gasteiger partial charge in [-0.3, -0.25) is 19.7 Å². The number of piperazine rings is 1. The third-order valence-corrected chi connectivity index (χ3v) is 7.19. The Hall–Kier alpha value is -3.78. The van der Waals surface area contributed by atoms with Gasteiger partial charge >= 0.3 is 0 Å². The molecular weight excluding hydrogens is 484 g/mol. The Kier molecular flexibility index (Phi) is 6.34. The molecule has 1 amide bonds. The minimum absolute atomic E-state index is 0.175. The van der Waals surface area contributed by atoms with Crippen molar-refractivity contribution in [3.8, 4) is 0 Å². The van der Waals surface area contributed by atoms with Gasteiger partial charge in [0.1, 0.15) is 0 Å². The molecule has 6 rings (SSSR count). The van der Waals surface area contributed by atoms with E-state index < -0.39 is 0 Å². The van der Waals surface area contributed by atoms with E-state index in [1.54, 1.807) is 24.5 Å². The number of hydrogen-bond acceptors (Lipinski definition) is 6. The maximum Gasteiger partial charge on any atom is 0.258 e. The molecule has 2 N–H and O–H groups in total. The molecule has 0 unspecified atom stereocenters. The first-order valence-electron chi connectivity index (χ1n) is 12.4. The first-order chi connectivity index (χ1) is 18.0. The Morgan fingerprint density at radius 3 is 2.49 bits per heavy atom. The number of carbonyl (C=O) groups is 1. The summed E-state index contributed by atoms with van der Waals surface area (Å²) in [4.78, 5) is 26.9. The summed E-state index contributed by atoms with van der Waals surface area (Å²) in [5.74, 6) is -0.175. The van der Waals surface area contributed by atoms with Crippen molar-refractivity contribution in [2.24, 2.45) is 0 Å². The molecule has 0 bridgehead atoms. The number of nitrogens with one attached hydrogen (secondary N) is 2. The molecule has 7 nitrogen and oxygen atoms in total. The molecule has 3 aromatic carbocycles. The Labute approximate surface area is 220 Å². The van der Waals surface area contributed by atoms with Crippen LogP contribution in [0.1, 0.15) is 16.7 Å². The van der Waals surface area contributed by atoms with Crippen molar-refractivity contribution in [1.29, 1.82) is 0 Å². The molecule has 2 aliphatic rings. The molecule has 1 saturated heterocycles. The molecule has 1 aromatic heterocycles. The largest absolute Gasteiger partial charge is 0.354 e. The van der Waals surface area contributed by atoms with Crippen LogP contribution in [-0.2, 0) is 11.3 Å². The summed E-state index contributed by atoms with van der Waals surface area (Å²) in [7, 11) is 2.17. The number of anilines is 2. The van der Waals surface area contributed by atoms with Crippen LogP contribution in [-0.4, -0.2) is 58.9 Å². The van der Waals surface area contributed by atoms with E-state index in [4.69, 9.17) is 11.6 Å². The lowest BCUT2D eigenvalue weighted by atomic mass is 9.99. The van der Waals surface area contributed by atoms with Crippen molar-refractivity contribution in [3.63, 3.8) is 0 Å². The predicted molar refractivity (Wildman–Crippen MR) is 149 cm³/mol. The van der Waals surface area contributed by atoms with Crippen molar-refractivity contribution in [2.45, 2.75) is 6.54 Å². The molecule has 186 valence electrons. The van der Waals surface area contributed by atoms with Crippen LogP contribution in [0, 0.1) is 0 Å². The smallest absolute Gasteiger partial charge is 0.258 e. The molecule has 0 aliphatic carbocycles. The van der Waals surface area contributed by atoms with Crippen LogP contribution in [0.5, 0.6) is 0 Å². The summed E-state index contributed by atoms with van der Waals surface area (Å²) in [6.45, 7) is 5.29. The topological polar surface area (TPSA) is 73.4 Å². The number of aromatic nitrogens is 2. The normalized spacial score (nSPS) is 17.5. The van der Waals surface area contributed by atoms with Crippen molar-refractivity contribution in [3.05, 3.63) is 94.8 Å². The molecule has 1 fully saturated rings. The van der Waals surface area contributed by atoms with E-state index in [0.29, 0.717) is 22.0 Å². The summed E-state index contributed by atoms with van der Waals surface area (Å²) >= 11 is 6.20. The molecule has 0 spiro atoms. The fourth-order valence-electron chi connectivity index (χ4n) is 4.89. The van der Waals surface area contributed by atoms with Crippen molar-refractivity contribution < 1.29 is 4.79 Å². The molecule has 8 heteroatoms. The lowest BCUT2D eigenvalue weighted by Gasteiger charge is -2.32. The molecule has 3 heterocycles. The van der Waals surface area contributed by atoms with Crippen LogP contribution in [0.3, 0.4) is 0 Å². The van der Waals surface area contributed by atoms with Gasteiger partial charge in [0.2, 0.25) is 0 Å². The monoisotopic (exact) mass is 510 g/mol. The molecule has 4 aromatic rings. The van der Waals surface area contributed by atoms with Crippen molar-refractivity contribution in [1.82, 2.24) is 19.8 Å². The number of nitrogens with zero attached hydrogens (tertiary/aromatic N) is 4. The summed E-state index contributed by atoms with van der Waals surface area (Å²) in [6, 6.07) is 19.8. The van der Waals surface area contributed by atoms with Gasteiger partial charge in [-0.1, -0.05) is 35.9 Å². The van der Waals surface area contributed by atoms with Crippen molar-refractivity contribution >= 4 is 51.2 Å². The third kappa shape index (κ3) is 4.93. The lowest BCUT2D eigenvalue weighted by molar-refractivity contribution is -0.110. The van der Waals surface area contributed by atoms with E-state index >= 15 is 0 Å². The summed E-state index contributed by atoms with van der Waals surface area (Å²) in [5.41, 5.74) is 7.36. The summed E-state index contributed by atoms with van der Waals surface area (Å²) in [5, 5.41) is 7.08. The maximum absolute atomic E-state index is 13.2. The Morgan fingerprint density at radius 1 is 0.946 bits per heavy atom. The van der Waals surface area contributed by atoms with Gasteiger partial charge in [-0.2, -0.15) is 0 Å². The second-order valence-electron chi connectivity index (χ2n) is 9.56. The Morgan fingerprint density at radius 2 is 1.70 bits per heavy atom. The number of hydrogen-bond donors (Lipinski definition) is 2. The van der Waals surface area contributed by atoms with Crippen LogP contribution in [0.2, 0.25) is 5.02 Å². The minimum Gasteiger partial charge on any atom is -0.354 e. The van der Waals surface area contributed by atoms with Gasteiger partial charge in [-0.05, 0) is 49.0 Å². The highest BCUT2D eigenvalue weighted by molar-refractivity contribution is 6.38. The van der Waals surface area contributed by atoms with Gasteiger partial charge in [0.05, 0.1) is 28.0 Å². The summed E-state index contributed by atoms with van der Waals surface area (Å²) < 4.78 is 0. The zero-order valence-corrected chi connectivity index (χ0v) is 21.3. The Bertz CT molecular complexity index is 1510. The zero-order valence-electron chi connectivity index (χ0n) is 20.5. The van der Waals surface area contributed by atoms with Gasteiger partial charge in [-0.25, -0.2) is 0 Å². The second-order valence-corrected chi connectivity index (χ2v) is 9.99. The zero-order chi connectivity index (χ0) is 25.4. The highest BCUT2D eigenvalue weighted by Crippen LogP contribution is 2.39. The fraction of sp³-hybridized carbons (Fsp3) is 0.207. The number of halogens is 1.